The van der Waals surface area contributed by atoms with Gasteiger partial charge in [0.05, 0.1) is 6.20 Å². The molecule has 0 unspecified atom stereocenters. The molecule has 0 aliphatic rings. The van der Waals surface area contributed by atoms with Gasteiger partial charge in [0.25, 0.3) is 6.01 Å². The molecule has 0 bridgehead atoms. The second kappa shape index (κ2) is 4.28. The molecule has 3 nitrogen and oxygen atoms in total. The number of aromatic nitrogens is 1. The molecule has 0 saturated carbocycles. The second-order valence-corrected chi connectivity index (χ2v) is 3.73. The van der Waals surface area contributed by atoms with Crippen LogP contribution in [0.25, 0.3) is 0 Å². The molecule has 1 N–H and O–H groups in total. The first-order valence-electron chi connectivity index (χ1n) is 4.22. The standard InChI is InChI=1S/C10H9BrN2O/c11-9-3-1-8(2-4-9)7-13-10-12-5-6-14-10/h1-6H,7H2,(H,12,13). The highest BCUT2D eigenvalue weighted by molar-refractivity contribution is 9.10. The minimum atomic E-state index is 0.549. The molecule has 0 spiro atoms. The Kier molecular flexibility index (Phi) is 2.84. The summed E-state index contributed by atoms with van der Waals surface area (Å²) in [5, 5.41) is 3.07. The lowest BCUT2D eigenvalue weighted by Gasteiger charge is -2.01. The predicted molar refractivity (Wildman–Crippen MR) is 58.0 cm³/mol. The van der Waals surface area contributed by atoms with E-state index in [9.17, 15) is 0 Å². The number of rotatable bonds is 3. The zero-order valence-corrected chi connectivity index (χ0v) is 8.99. The van der Waals surface area contributed by atoms with Crippen molar-refractivity contribution in [3.63, 3.8) is 0 Å². The SMILES string of the molecule is Brc1ccc(CNc2ncco2)cc1. The molecule has 14 heavy (non-hydrogen) atoms. The van der Waals surface area contributed by atoms with Crippen molar-refractivity contribution in [3.05, 3.63) is 46.8 Å². The van der Waals surface area contributed by atoms with Gasteiger partial charge in [0, 0.05) is 11.0 Å². The van der Waals surface area contributed by atoms with Crippen molar-refractivity contribution in [2.45, 2.75) is 6.54 Å². The van der Waals surface area contributed by atoms with Gasteiger partial charge in [-0.05, 0) is 17.7 Å². The van der Waals surface area contributed by atoms with E-state index in [2.05, 4.69) is 26.2 Å². The fourth-order valence-electron chi connectivity index (χ4n) is 1.09. The van der Waals surface area contributed by atoms with Crippen LogP contribution in [-0.4, -0.2) is 4.98 Å². The fraction of sp³-hybridized carbons (Fsp3) is 0.100. The maximum absolute atomic E-state index is 5.05. The maximum Gasteiger partial charge on any atom is 0.294 e. The zero-order chi connectivity index (χ0) is 9.80. The summed E-state index contributed by atoms with van der Waals surface area (Å²) >= 11 is 3.38. The van der Waals surface area contributed by atoms with Gasteiger partial charge < -0.3 is 9.73 Å². The number of anilines is 1. The Labute approximate surface area is 90.3 Å². The topological polar surface area (TPSA) is 38.1 Å². The van der Waals surface area contributed by atoms with Gasteiger partial charge in [0.2, 0.25) is 0 Å². The van der Waals surface area contributed by atoms with E-state index in [0.29, 0.717) is 12.6 Å². The van der Waals surface area contributed by atoms with Gasteiger partial charge in [0.1, 0.15) is 6.26 Å². The van der Waals surface area contributed by atoms with E-state index in [1.165, 1.54) is 5.56 Å². The lowest BCUT2D eigenvalue weighted by atomic mass is 10.2. The summed E-state index contributed by atoms with van der Waals surface area (Å²) in [6.07, 6.45) is 3.16. The number of halogens is 1. The Hall–Kier alpha value is -1.29. The molecular weight excluding hydrogens is 244 g/mol. The average Bonchev–Trinajstić information content (AvgIpc) is 2.70. The Bertz CT molecular complexity index is 383. The molecule has 1 aromatic heterocycles. The van der Waals surface area contributed by atoms with Crippen molar-refractivity contribution < 1.29 is 4.42 Å². The summed E-state index contributed by atoms with van der Waals surface area (Å²) in [5.74, 6) is 0. The van der Waals surface area contributed by atoms with Crippen LogP contribution in [0.15, 0.2) is 45.6 Å². The number of benzene rings is 1. The average molecular weight is 253 g/mol. The Morgan fingerprint density at radius 1 is 1.29 bits per heavy atom. The molecular formula is C10H9BrN2O. The van der Waals surface area contributed by atoms with Gasteiger partial charge in [-0.25, -0.2) is 4.98 Å². The molecule has 2 rings (SSSR count). The normalized spacial score (nSPS) is 10.1. The number of oxazole rings is 1. The van der Waals surface area contributed by atoms with Gasteiger partial charge >= 0.3 is 0 Å². The zero-order valence-electron chi connectivity index (χ0n) is 7.40. The van der Waals surface area contributed by atoms with Crippen LogP contribution in [0.3, 0.4) is 0 Å². The van der Waals surface area contributed by atoms with Gasteiger partial charge in [-0.3, -0.25) is 0 Å². The molecule has 0 amide bonds. The van der Waals surface area contributed by atoms with Gasteiger partial charge in [-0.1, -0.05) is 28.1 Å². The number of nitrogens with one attached hydrogen (secondary N) is 1. The van der Waals surface area contributed by atoms with E-state index in [-0.39, 0.29) is 0 Å². The van der Waals surface area contributed by atoms with Crippen LogP contribution in [0.5, 0.6) is 0 Å². The largest absolute Gasteiger partial charge is 0.432 e. The second-order valence-electron chi connectivity index (χ2n) is 2.82. The quantitative estimate of drug-likeness (QED) is 0.913. The van der Waals surface area contributed by atoms with Gasteiger partial charge in [-0.15, -0.1) is 0 Å². The third-order valence-electron chi connectivity index (χ3n) is 1.79. The Morgan fingerprint density at radius 2 is 2.07 bits per heavy atom. The van der Waals surface area contributed by atoms with Crippen LogP contribution in [0.2, 0.25) is 0 Å². The van der Waals surface area contributed by atoms with Crippen LogP contribution in [-0.2, 0) is 6.54 Å². The molecule has 0 saturated heterocycles. The molecule has 2 aromatic rings. The van der Waals surface area contributed by atoms with E-state index in [1.54, 1.807) is 12.5 Å². The smallest absolute Gasteiger partial charge is 0.294 e. The van der Waals surface area contributed by atoms with Crippen molar-refractivity contribution in [2.24, 2.45) is 0 Å². The lowest BCUT2D eigenvalue weighted by Crippen LogP contribution is -1.98. The van der Waals surface area contributed by atoms with Crippen LogP contribution in [0.4, 0.5) is 6.01 Å². The molecule has 0 aliphatic carbocycles. The van der Waals surface area contributed by atoms with Gasteiger partial charge in [-0.2, -0.15) is 0 Å². The molecule has 0 fully saturated rings. The first-order valence-corrected chi connectivity index (χ1v) is 5.02. The van der Waals surface area contributed by atoms with Crippen molar-refractivity contribution in [2.75, 3.05) is 5.32 Å². The Balaban J connectivity index is 1.95. The van der Waals surface area contributed by atoms with Crippen LogP contribution in [0.1, 0.15) is 5.56 Å². The summed E-state index contributed by atoms with van der Waals surface area (Å²) in [4.78, 5) is 3.96. The van der Waals surface area contributed by atoms with Crippen LogP contribution >= 0.6 is 15.9 Å². The summed E-state index contributed by atoms with van der Waals surface area (Å²) in [6, 6.07) is 8.65. The highest BCUT2D eigenvalue weighted by Gasteiger charge is 1.96. The molecule has 1 aromatic carbocycles. The van der Waals surface area contributed by atoms with Crippen LogP contribution in [0, 0.1) is 0 Å². The predicted octanol–water partition coefficient (Wildman–Crippen LogP) is 3.05. The third kappa shape index (κ3) is 2.35. The van der Waals surface area contributed by atoms with Gasteiger partial charge in [0.15, 0.2) is 0 Å². The summed E-state index contributed by atoms with van der Waals surface area (Å²) in [6.45, 7) is 0.716. The lowest BCUT2D eigenvalue weighted by molar-refractivity contribution is 0.571. The van der Waals surface area contributed by atoms with E-state index in [1.807, 2.05) is 24.3 Å². The summed E-state index contributed by atoms with van der Waals surface area (Å²) in [5.41, 5.74) is 1.19. The highest BCUT2D eigenvalue weighted by Crippen LogP contribution is 2.11. The number of hydrogen-bond donors (Lipinski definition) is 1. The molecule has 0 radical (unpaired) electrons. The first-order chi connectivity index (χ1) is 6.84. The van der Waals surface area contributed by atoms with Crippen molar-refractivity contribution in [3.8, 4) is 0 Å². The van der Waals surface area contributed by atoms with E-state index >= 15 is 0 Å². The Morgan fingerprint density at radius 3 is 2.71 bits per heavy atom. The van der Waals surface area contributed by atoms with E-state index < -0.39 is 0 Å². The van der Waals surface area contributed by atoms with Crippen LogP contribution < -0.4 is 5.32 Å². The molecule has 1 heterocycles. The third-order valence-corrected chi connectivity index (χ3v) is 2.32. The first kappa shape index (κ1) is 9.27. The summed E-state index contributed by atoms with van der Waals surface area (Å²) < 4.78 is 6.13. The minimum Gasteiger partial charge on any atom is -0.432 e. The molecule has 4 heteroatoms. The highest BCUT2D eigenvalue weighted by atomic mass is 79.9. The molecule has 72 valence electrons. The number of hydrogen-bond acceptors (Lipinski definition) is 3. The van der Waals surface area contributed by atoms with E-state index in [0.717, 1.165) is 4.47 Å². The fourth-order valence-corrected chi connectivity index (χ4v) is 1.36. The van der Waals surface area contributed by atoms with Crippen molar-refractivity contribution in [1.29, 1.82) is 0 Å². The van der Waals surface area contributed by atoms with Crippen molar-refractivity contribution in [1.82, 2.24) is 4.98 Å². The monoisotopic (exact) mass is 252 g/mol. The maximum atomic E-state index is 5.05. The molecule has 0 aliphatic heterocycles. The molecule has 0 atom stereocenters. The number of nitrogens with zero attached hydrogens (tertiary/aromatic N) is 1. The van der Waals surface area contributed by atoms with E-state index in [4.69, 9.17) is 4.42 Å². The van der Waals surface area contributed by atoms with Crippen molar-refractivity contribution >= 4 is 21.9 Å². The minimum absolute atomic E-state index is 0.549. The summed E-state index contributed by atoms with van der Waals surface area (Å²) in [7, 11) is 0.